The third kappa shape index (κ3) is 4.64. The van der Waals surface area contributed by atoms with Gasteiger partial charge < -0.3 is 21.1 Å². The van der Waals surface area contributed by atoms with E-state index in [1.807, 2.05) is 0 Å². The maximum Gasteiger partial charge on any atom is 0.320 e. The molecule has 0 fully saturated rings. The molecule has 12 heavy (non-hydrogen) atoms. The number of aliphatic hydroxyl groups is 1. The molecule has 0 rings (SSSR count). The zero-order chi connectivity index (χ0) is 9.72. The van der Waals surface area contributed by atoms with Gasteiger partial charge in [0.1, 0.15) is 6.04 Å². The molecule has 0 aliphatic rings. The first-order valence-electron chi connectivity index (χ1n) is 3.31. The summed E-state index contributed by atoms with van der Waals surface area (Å²) in [7, 11) is 0. The molecular formula is C6H11NO5. The summed E-state index contributed by atoms with van der Waals surface area (Å²) in [5.41, 5.74) is 5.04. The molecule has 6 nitrogen and oxygen atoms in total. The Bertz CT molecular complexity index is 181. The molecule has 0 radical (unpaired) electrons. The van der Waals surface area contributed by atoms with E-state index < -0.39 is 30.5 Å². The van der Waals surface area contributed by atoms with Crippen LogP contribution >= 0.6 is 0 Å². The molecule has 0 saturated heterocycles. The highest BCUT2D eigenvalue weighted by Gasteiger charge is 2.18. The Hall–Kier alpha value is -1.14. The van der Waals surface area contributed by atoms with Crippen LogP contribution in [0, 0.1) is 0 Å². The lowest BCUT2D eigenvalue weighted by Gasteiger charge is -2.10. The van der Waals surface area contributed by atoms with E-state index in [4.69, 9.17) is 21.1 Å². The second kappa shape index (κ2) is 4.68. The topological polar surface area (TPSA) is 121 Å². The fourth-order valence-corrected chi connectivity index (χ4v) is 0.679. The van der Waals surface area contributed by atoms with Crippen LogP contribution in [0.4, 0.5) is 0 Å². The van der Waals surface area contributed by atoms with Crippen molar-refractivity contribution in [1.82, 2.24) is 0 Å². The smallest absolute Gasteiger partial charge is 0.320 e. The quantitative estimate of drug-likeness (QED) is 0.411. The number of hydrogen-bond donors (Lipinski definition) is 4. The van der Waals surface area contributed by atoms with Crippen molar-refractivity contribution in [2.45, 2.75) is 25.0 Å². The fourth-order valence-electron chi connectivity index (χ4n) is 0.679. The van der Waals surface area contributed by atoms with Gasteiger partial charge in [0.2, 0.25) is 0 Å². The highest BCUT2D eigenvalue weighted by Crippen LogP contribution is 2.00. The van der Waals surface area contributed by atoms with Gasteiger partial charge in [0.15, 0.2) is 0 Å². The molecule has 6 heteroatoms. The maximum absolute atomic E-state index is 10.1. The fraction of sp³-hybridized carbons (Fsp3) is 0.667. The predicted molar refractivity (Wildman–Crippen MR) is 38.5 cm³/mol. The number of nitrogens with two attached hydrogens (primary N) is 1. The van der Waals surface area contributed by atoms with Gasteiger partial charge in [0.05, 0.1) is 12.5 Å². The minimum Gasteiger partial charge on any atom is -0.481 e. The minimum absolute atomic E-state index is 0.248. The van der Waals surface area contributed by atoms with Crippen molar-refractivity contribution in [3.63, 3.8) is 0 Å². The van der Waals surface area contributed by atoms with Gasteiger partial charge in [0.25, 0.3) is 0 Å². The summed E-state index contributed by atoms with van der Waals surface area (Å²) in [6, 6.07) is -1.21. The summed E-state index contributed by atoms with van der Waals surface area (Å²) in [5, 5.41) is 25.4. The molecule has 70 valence electrons. The van der Waals surface area contributed by atoms with Crippen LogP contribution in [0.2, 0.25) is 0 Å². The molecule has 0 aliphatic carbocycles. The summed E-state index contributed by atoms with van der Waals surface area (Å²) >= 11 is 0. The third-order valence-corrected chi connectivity index (χ3v) is 1.25. The second-order valence-corrected chi connectivity index (χ2v) is 2.43. The molecule has 0 amide bonds. The van der Waals surface area contributed by atoms with E-state index in [0.29, 0.717) is 0 Å². The van der Waals surface area contributed by atoms with E-state index in [1.165, 1.54) is 0 Å². The average molecular weight is 177 g/mol. The molecule has 5 N–H and O–H groups in total. The Morgan fingerprint density at radius 1 is 1.33 bits per heavy atom. The van der Waals surface area contributed by atoms with Gasteiger partial charge in [-0.15, -0.1) is 0 Å². The molecule has 0 bridgehead atoms. The first-order chi connectivity index (χ1) is 5.43. The van der Waals surface area contributed by atoms with Crippen LogP contribution < -0.4 is 5.73 Å². The Morgan fingerprint density at radius 3 is 2.17 bits per heavy atom. The van der Waals surface area contributed by atoms with Crippen molar-refractivity contribution >= 4 is 11.9 Å². The Kier molecular flexibility index (Phi) is 4.24. The first kappa shape index (κ1) is 10.9. The van der Waals surface area contributed by atoms with Crippen LogP contribution in [0.15, 0.2) is 0 Å². The molecule has 0 aromatic rings. The molecule has 2 atom stereocenters. The average Bonchev–Trinajstić information content (AvgIpc) is 1.84. The number of carbonyl (C=O) groups is 2. The van der Waals surface area contributed by atoms with Crippen LogP contribution in [0.1, 0.15) is 12.8 Å². The van der Waals surface area contributed by atoms with Gasteiger partial charge in [-0.05, 0) is 6.42 Å². The minimum atomic E-state index is -1.25. The largest absolute Gasteiger partial charge is 0.481 e. The van der Waals surface area contributed by atoms with E-state index >= 15 is 0 Å². The van der Waals surface area contributed by atoms with Crippen molar-refractivity contribution in [2.75, 3.05) is 0 Å². The van der Waals surface area contributed by atoms with Crippen LogP contribution in [0.25, 0.3) is 0 Å². The van der Waals surface area contributed by atoms with Crippen LogP contribution in [0.3, 0.4) is 0 Å². The SMILES string of the molecule is NC(CC(O)CC(=O)O)C(=O)O. The van der Waals surface area contributed by atoms with E-state index in [0.717, 1.165) is 0 Å². The van der Waals surface area contributed by atoms with Gasteiger partial charge in [-0.3, -0.25) is 9.59 Å². The Morgan fingerprint density at radius 2 is 1.83 bits per heavy atom. The summed E-state index contributed by atoms with van der Waals surface area (Å²) in [6.45, 7) is 0. The number of rotatable bonds is 5. The van der Waals surface area contributed by atoms with Gasteiger partial charge in [-0.2, -0.15) is 0 Å². The molecule has 2 unspecified atom stereocenters. The lowest BCUT2D eigenvalue weighted by atomic mass is 10.1. The standard InChI is InChI=1S/C6H11NO5/c7-4(6(11)12)1-3(8)2-5(9)10/h3-4,8H,1-2,7H2,(H,9,10)(H,11,12). The van der Waals surface area contributed by atoms with Crippen molar-refractivity contribution < 1.29 is 24.9 Å². The van der Waals surface area contributed by atoms with Gasteiger partial charge in [-0.1, -0.05) is 0 Å². The zero-order valence-corrected chi connectivity index (χ0v) is 6.30. The number of carboxylic acid groups (broad SMARTS) is 2. The van der Waals surface area contributed by atoms with Crippen LogP contribution in [0.5, 0.6) is 0 Å². The lowest BCUT2D eigenvalue weighted by molar-refractivity contribution is -0.142. The van der Waals surface area contributed by atoms with Crippen molar-refractivity contribution in [1.29, 1.82) is 0 Å². The van der Waals surface area contributed by atoms with Crippen molar-refractivity contribution in [2.24, 2.45) is 5.73 Å². The predicted octanol–water partition coefficient (Wildman–Crippen LogP) is -1.38. The summed E-state index contributed by atoms with van der Waals surface area (Å²) in [5.74, 6) is -2.43. The van der Waals surface area contributed by atoms with E-state index in [2.05, 4.69) is 0 Å². The molecular weight excluding hydrogens is 166 g/mol. The summed E-state index contributed by atoms with van der Waals surface area (Å²) < 4.78 is 0. The molecule has 0 spiro atoms. The first-order valence-corrected chi connectivity index (χ1v) is 3.31. The van der Waals surface area contributed by atoms with Crippen molar-refractivity contribution in [3.8, 4) is 0 Å². The normalized spacial score (nSPS) is 15.2. The van der Waals surface area contributed by atoms with E-state index in [-0.39, 0.29) is 6.42 Å². The van der Waals surface area contributed by atoms with Gasteiger partial charge >= 0.3 is 11.9 Å². The highest BCUT2D eigenvalue weighted by atomic mass is 16.4. The highest BCUT2D eigenvalue weighted by molar-refractivity contribution is 5.73. The Labute approximate surface area is 68.6 Å². The molecule has 0 saturated carbocycles. The third-order valence-electron chi connectivity index (χ3n) is 1.25. The number of hydrogen-bond acceptors (Lipinski definition) is 4. The zero-order valence-electron chi connectivity index (χ0n) is 6.30. The number of aliphatic hydroxyl groups excluding tert-OH is 1. The summed E-state index contributed by atoms with van der Waals surface area (Å²) in [4.78, 5) is 20.1. The molecule has 0 heterocycles. The summed E-state index contributed by atoms with van der Waals surface area (Å²) in [6.07, 6.45) is -1.93. The Balaban J connectivity index is 3.76. The number of carboxylic acids is 2. The molecule has 0 aromatic heterocycles. The van der Waals surface area contributed by atoms with E-state index in [9.17, 15) is 9.59 Å². The van der Waals surface area contributed by atoms with Crippen LogP contribution in [-0.4, -0.2) is 39.4 Å². The lowest BCUT2D eigenvalue weighted by Crippen LogP contribution is -2.34. The molecule has 0 aliphatic heterocycles. The maximum atomic E-state index is 10.1. The van der Waals surface area contributed by atoms with Gasteiger partial charge in [-0.25, -0.2) is 0 Å². The number of aliphatic carboxylic acids is 2. The monoisotopic (exact) mass is 177 g/mol. The molecule has 0 aromatic carbocycles. The second-order valence-electron chi connectivity index (χ2n) is 2.43. The van der Waals surface area contributed by atoms with Crippen molar-refractivity contribution in [3.05, 3.63) is 0 Å². The van der Waals surface area contributed by atoms with Gasteiger partial charge in [0, 0.05) is 0 Å². The van der Waals surface area contributed by atoms with Crippen LogP contribution in [-0.2, 0) is 9.59 Å². The van der Waals surface area contributed by atoms with E-state index in [1.54, 1.807) is 0 Å².